The second kappa shape index (κ2) is 14.6. The number of carboxylic acids is 1. The van der Waals surface area contributed by atoms with Gasteiger partial charge in [0.25, 0.3) is 5.91 Å². The summed E-state index contributed by atoms with van der Waals surface area (Å²) in [7, 11) is 0. The number of nitrogens with zero attached hydrogens (tertiary/aromatic N) is 1. The summed E-state index contributed by atoms with van der Waals surface area (Å²) in [6.07, 6.45) is 10.4. The molecule has 6 heteroatoms. The standard InChI is InChI=1S/C31H44N2O3S/c1-22(2)33(18-16-24-11-6-5-7-12-24)21-25-14-15-27(28(20-25)26-13-9-8-10-23(26)3)30(34)32-29(31(35)36)17-19-37-4/h8-10,13-15,20,22,24,29H,5-7,11-12,16-19,21H2,1-4H3,(H,32,34)(H,35,36)/t29-/m0/s1. The first-order valence-electron chi connectivity index (χ1n) is 13.8. The molecule has 1 amide bonds. The van der Waals surface area contributed by atoms with Crippen LogP contribution in [0, 0.1) is 12.8 Å². The SMILES string of the molecule is CSCC[C@H](NC(=O)c1ccc(CN(CCC2CCCCC2)C(C)C)cc1-c1ccccc1C)C(=O)O. The summed E-state index contributed by atoms with van der Waals surface area (Å²) >= 11 is 1.58. The van der Waals surface area contributed by atoms with Gasteiger partial charge in [0.2, 0.25) is 0 Å². The molecule has 2 N–H and O–H groups in total. The van der Waals surface area contributed by atoms with Crippen LogP contribution in [0.5, 0.6) is 0 Å². The van der Waals surface area contributed by atoms with E-state index in [-0.39, 0.29) is 5.91 Å². The number of aliphatic carboxylic acids is 1. The van der Waals surface area contributed by atoms with Gasteiger partial charge in [-0.25, -0.2) is 4.79 Å². The minimum absolute atomic E-state index is 0.337. The van der Waals surface area contributed by atoms with Gasteiger partial charge in [-0.15, -0.1) is 0 Å². The van der Waals surface area contributed by atoms with Gasteiger partial charge >= 0.3 is 5.97 Å². The Morgan fingerprint density at radius 2 is 1.81 bits per heavy atom. The van der Waals surface area contributed by atoms with Crippen molar-refractivity contribution in [3.8, 4) is 11.1 Å². The number of benzene rings is 2. The highest BCUT2D eigenvalue weighted by atomic mass is 32.2. The van der Waals surface area contributed by atoms with Crippen LogP contribution in [0.15, 0.2) is 42.5 Å². The Morgan fingerprint density at radius 3 is 2.46 bits per heavy atom. The second-order valence-corrected chi connectivity index (χ2v) is 11.7. The molecule has 1 saturated carbocycles. The van der Waals surface area contributed by atoms with E-state index in [0.29, 0.717) is 23.8 Å². The number of nitrogens with one attached hydrogen (secondary N) is 1. The summed E-state index contributed by atoms with van der Waals surface area (Å²) in [5, 5.41) is 12.4. The summed E-state index contributed by atoms with van der Waals surface area (Å²) in [5.74, 6) is 0.183. The van der Waals surface area contributed by atoms with E-state index in [9.17, 15) is 14.7 Å². The number of amides is 1. The molecule has 1 aliphatic carbocycles. The minimum Gasteiger partial charge on any atom is -0.480 e. The molecule has 3 rings (SSSR count). The lowest BCUT2D eigenvalue weighted by Crippen LogP contribution is -2.41. The van der Waals surface area contributed by atoms with Crippen molar-refractivity contribution < 1.29 is 14.7 Å². The number of carbonyl (C=O) groups is 2. The first-order chi connectivity index (χ1) is 17.8. The molecule has 0 heterocycles. The predicted octanol–water partition coefficient (Wildman–Crippen LogP) is 6.78. The number of carboxylic acid groups (broad SMARTS) is 1. The van der Waals surface area contributed by atoms with E-state index in [0.717, 1.165) is 35.7 Å². The van der Waals surface area contributed by atoms with Gasteiger partial charge in [0.05, 0.1) is 0 Å². The number of hydrogen-bond donors (Lipinski definition) is 2. The molecule has 0 aliphatic heterocycles. The zero-order chi connectivity index (χ0) is 26.8. The Bertz CT molecular complexity index is 1030. The third kappa shape index (κ3) is 8.61. The fraction of sp³-hybridized carbons (Fsp3) is 0.548. The third-order valence-corrected chi connectivity index (χ3v) is 8.29. The summed E-state index contributed by atoms with van der Waals surface area (Å²) < 4.78 is 0. The van der Waals surface area contributed by atoms with Crippen molar-refractivity contribution in [3.05, 3.63) is 59.2 Å². The summed E-state index contributed by atoms with van der Waals surface area (Å²) in [4.78, 5) is 27.7. The van der Waals surface area contributed by atoms with E-state index in [1.54, 1.807) is 11.8 Å². The van der Waals surface area contributed by atoms with Crippen LogP contribution in [0.1, 0.15) is 80.3 Å². The molecule has 0 unspecified atom stereocenters. The third-order valence-electron chi connectivity index (χ3n) is 7.64. The Balaban J connectivity index is 1.86. The van der Waals surface area contributed by atoms with Gasteiger partial charge in [-0.2, -0.15) is 11.8 Å². The molecule has 1 fully saturated rings. The number of carbonyl (C=O) groups excluding carboxylic acids is 1. The smallest absolute Gasteiger partial charge is 0.326 e. The van der Waals surface area contributed by atoms with Crippen LogP contribution in [0.2, 0.25) is 0 Å². The Hall–Kier alpha value is -2.31. The zero-order valence-corrected chi connectivity index (χ0v) is 23.8. The summed E-state index contributed by atoms with van der Waals surface area (Å²) in [6.45, 7) is 8.47. The van der Waals surface area contributed by atoms with Crippen LogP contribution in [0.25, 0.3) is 11.1 Å². The average Bonchev–Trinajstić information content (AvgIpc) is 2.89. The van der Waals surface area contributed by atoms with Crippen LogP contribution in [0.3, 0.4) is 0 Å². The lowest BCUT2D eigenvalue weighted by molar-refractivity contribution is -0.139. The molecule has 2 aromatic rings. The fourth-order valence-electron chi connectivity index (χ4n) is 5.29. The van der Waals surface area contributed by atoms with Crippen molar-refractivity contribution in [3.63, 3.8) is 0 Å². The average molecular weight is 525 g/mol. The molecule has 0 saturated heterocycles. The van der Waals surface area contributed by atoms with Gasteiger partial charge in [-0.3, -0.25) is 9.69 Å². The van der Waals surface area contributed by atoms with E-state index in [1.165, 1.54) is 44.1 Å². The topological polar surface area (TPSA) is 69.6 Å². The van der Waals surface area contributed by atoms with E-state index in [1.807, 2.05) is 49.6 Å². The van der Waals surface area contributed by atoms with E-state index in [2.05, 4.69) is 30.1 Å². The molecule has 1 aliphatic rings. The van der Waals surface area contributed by atoms with Gasteiger partial charge in [0, 0.05) is 18.2 Å². The summed E-state index contributed by atoms with van der Waals surface area (Å²) in [6, 6.07) is 13.6. The maximum absolute atomic E-state index is 13.4. The number of aryl methyl sites for hydroxylation is 1. The highest BCUT2D eigenvalue weighted by Crippen LogP contribution is 2.30. The molecular weight excluding hydrogens is 480 g/mol. The number of thioether (sulfide) groups is 1. The lowest BCUT2D eigenvalue weighted by Gasteiger charge is -2.30. The zero-order valence-electron chi connectivity index (χ0n) is 23.0. The molecule has 0 spiro atoms. The summed E-state index contributed by atoms with van der Waals surface area (Å²) in [5.41, 5.74) is 4.64. The van der Waals surface area contributed by atoms with Crippen molar-refractivity contribution in [1.29, 1.82) is 0 Å². The molecule has 5 nitrogen and oxygen atoms in total. The van der Waals surface area contributed by atoms with Crippen molar-refractivity contribution in [2.75, 3.05) is 18.6 Å². The lowest BCUT2D eigenvalue weighted by atomic mass is 9.87. The van der Waals surface area contributed by atoms with Crippen molar-refractivity contribution in [1.82, 2.24) is 10.2 Å². The van der Waals surface area contributed by atoms with Crippen molar-refractivity contribution in [2.24, 2.45) is 5.92 Å². The Labute approximate surface area is 227 Å². The van der Waals surface area contributed by atoms with Crippen LogP contribution in [0.4, 0.5) is 0 Å². The Kier molecular flexibility index (Phi) is 11.5. The van der Waals surface area contributed by atoms with E-state index in [4.69, 9.17) is 0 Å². The van der Waals surface area contributed by atoms with Gasteiger partial charge < -0.3 is 10.4 Å². The van der Waals surface area contributed by atoms with E-state index >= 15 is 0 Å². The van der Waals surface area contributed by atoms with Crippen LogP contribution in [-0.2, 0) is 11.3 Å². The van der Waals surface area contributed by atoms with Crippen LogP contribution < -0.4 is 5.32 Å². The second-order valence-electron chi connectivity index (χ2n) is 10.7. The number of rotatable bonds is 13. The van der Waals surface area contributed by atoms with Gasteiger partial charge in [0.15, 0.2) is 0 Å². The molecule has 0 bridgehead atoms. The molecule has 202 valence electrons. The highest BCUT2D eigenvalue weighted by molar-refractivity contribution is 7.98. The van der Waals surface area contributed by atoms with Gasteiger partial charge in [0.1, 0.15) is 6.04 Å². The maximum atomic E-state index is 13.4. The number of hydrogen-bond acceptors (Lipinski definition) is 4. The fourth-order valence-corrected chi connectivity index (χ4v) is 5.76. The molecule has 0 aromatic heterocycles. The molecule has 1 atom stereocenters. The van der Waals surface area contributed by atoms with E-state index < -0.39 is 12.0 Å². The predicted molar refractivity (Wildman–Crippen MR) is 155 cm³/mol. The maximum Gasteiger partial charge on any atom is 0.326 e. The molecule has 0 radical (unpaired) electrons. The molecular formula is C31H44N2O3S. The van der Waals surface area contributed by atoms with Crippen LogP contribution >= 0.6 is 11.8 Å². The van der Waals surface area contributed by atoms with Crippen molar-refractivity contribution in [2.45, 2.75) is 84.3 Å². The quantitative estimate of drug-likeness (QED) is 0.302. The monoisotopic (exact) mass is 524 g/mol. The van der Waals surface area contributed by atoms with Gasteiger partial charge in [-0.1, -0.05) is 62.4 Å². The molecule has 37 heavy (non-hydrogen) atoms. The first-order valence-corrected chi connectivity index (χ1v) is 15.1. The van der Waals surface area contributed by atoms with Crippen molar-refractivity contribution >= 4 is 23.6 Å². The first kappa shape index (κ1) is 29.2. The van der Waals surface area contributed by atoms with Crippen LogP contribution in [-0.4, -0.2) is 52.5 Å². The normalized spacial score (nSPS) is 15.2. The highest BCUT2D eigenvalue weighted by Gasteiger charge is 2.23. The Morgan fingerprint density at radius 1 is 1.08 bits per heavy atom. The minimum atomic E-state index is -0.998. The largest absolute Gasteiger partial charge is 0.480 e. The molecule has 2 aromatic carbocycles. The van der Waals surface area contributed by atoms with Gasteiger partial charge in [-0.05, 0) is 92.5 Å².